The number of hydrogen-bond donors (Lipinski definition) is 1. The van der Waals surface area contributed by atoms with Crippen molar-refractivity contribution in [3.8, 4) is 0 Å². The van der Waals surface area contributed by atoms with Crippen LogP contribution in [0.2, 0.25) is 0 Å². The van der Waals surface area contributed by atoms with E-state index in [-0.39, 0.29) is 31.0 Å². The van der Waals surface area contributed by atoms with Gasteiger partial charge < -0.3 is 19.3 Å². The van der Waals surface area contributed by atoms with Crippen molar-refractivity contribution in [2.45, 2.75) is 38.3 Å². The van der Waals surface area contributed by atoms with E-state index >= 15 is 0 Å². The van der Waals surface area contributed by atoms with Crippen LogP contribution in [0.3, 0.4) is 0 Å². The van der Waals surface area contributed by atoms with Crippen molar-refractivity contribution in [1.82, 2.24) is 15.5 Å². The Balaban J connectivity index is 1.69. The molecule has 1 aromatic rings. The lowest BCUT2D eigenvalue weighted by molar-refractivity contribution is -0.177. The van der Waals surface area contributed by atoms with Gasteiger partial charge in [0.15, 0.2) is 5.82 Å². The molecular formula is C11H16F3N3O3. The zero-order chi connectivity index (χ0) is 14.4. The van der Waals surface area contributed by atoms with E-state index in [0.29, 0.717) is 0 Å². The molecule has 114 valence electrons. The van der Waals surface area contributed by atoms with E-state index in [1.54, 1.807) is 0 Å². The number of nitrogens with zero attached hydrogens (tertiary/aromatic N) is 2. The fourth-order valence-corrected chi connectivity index (χ4v) is 1.82. The van der Waals surface area contributed by atoms with Crippen LogP contribution in [0.5, 0.6) is 0 Å². The molecule has 2 heterocycles. The molecule has 1 aliphatic rings. The second-order valence-corrected chi connectivity index (χ2v) is 4.47. The van der Waals surface area contributed by atoms with Crippen LogP contribution >= 0.6 is 0 Å². The number of halogens is 3. The molecule has 6 nitrogen and oxygen atoms in total. The van der Waals surface area contributed by atoms with Crippen molar-refractivity contribution in [3.05, 3.63) is 11.7 Å². The second kappa shape index (κ2) is 7.00. The maximum absolute atomic E-state index is 11.9. The lowest BCUT2D eigenvalue weighted by atomic mass is 10.1. The standard InChI is InChI=1S/C11H16F3N3O3/c12-11(13,14)7-18-5-9-16-10(20-17-9)6-19-8-1-3-15-4-2-8/h8,15H,1-7H2. The van der Waals surface area contributed by atoms with Gasteiger partial charge in [0.25, 0.3) is 5.89 Å². The van der Waals surface area contributed by atoms with Gasteiger partial charge in [-0.05, 0) is 25.9 Å². The van der Waals surface area contributed by atoms with Gasteiger partial charge in [0, 0.05) is 0 Å². The van der Waals surface area contributed by atoms with E-state index in [4.69, 9.17) is 9.26 Å². The van der Waals surface area contributed by atoms with Crippen LogP contribution in [-0.4, -0.2) is 42.1 Å². The first kappa shape index (κ1) is 15.2. The molecule has 0 atom stereocenters. The zero-order valence-electron chi connectivity index (χ0n) is 10.8. The number of nitrogens with one attached hydrogen (secondary N) is 1. The predicted molar refractivity (Wildman–Crippen MR) is 60.7 cm³/mol. The first-order chi connectivity index (χ1) is 9.53. The van der Waals surface area contributed by atoms with Gasteiger partial charge in [-0.15, -0.1) is 0 Å². The Hall–Kier alpha value is -1.19. The lowest BCUT2D eigenvalue weighted by Gasteiger charge is -2.21. The molecule has 1 aromatic heterocycles. The molecule has 0 unspecified atom stereocenters. The minimum Gasteiger partial charge on any atom is -0.368 e. The second-order valence-electron chi connectivity index (χ2n) is 4.47. The maximum Gasteiger partial charge on any atom is 0.411 e. The van der Waals surface area contributed by atoms with Crippen LogP contribution in [0.25, 0.3) is 0 Å². The van der Waals surface area contributed by atoms with E-state index in [2.05, 4.69) is 20.2 Å². The van der Waals surface area contributed by atoms with E-state index in [1.165, 1.54) is 0 Å². The summed E-state index contributed by atoms with van der Waals surface area (Å²) >= 11 is 0. The monoisotopic (exact) mass is 295 g/mol. The number of piperidine rings is 1. The van der Waals surface area contributed by atoms with Crippen molar-refractivity contribution in [2.24, 2.45) is 0 Å². The summed E-state index contributed by atoms with van der Waals surface area (Å²) in [4.78, 5) is 3.90. The van der Waals surface area contributed by atoms with Gasteiger partial charge in [-0.3, -0.25) is 0 Å². The minimum atomic E-state index is -4.36. The first-order valence-electron chi connectivity index (χ1n) is 6.31. The van der Waals surface area contributed by atoms with Crippen molar-refractivity contribution in [2.75, 3.05) is 19.7 Å². The SMILES string of the molecule is FC(F)(F)COCc1noc(COC2CCNCC2)n1. The average Bonchev–Trinajstić information content (AvgIpc) is 2.84. The summed E-state index contributed by atoms with van der Waals surface area (Å²) in [6.45, 7) is 0.311. The van der Waals surface area contributed by atoms with Gasteiger partial charge >= 0.3 is 6.18 Å². The zero-order valence-corrected chi connectivity index (χ0v) is 10.8. The van der Waals surface area contributed by atoms with E-state index in [0.717, 1.165) is 25.9 Å². The summed E-state index contributed by atoms with van der Waals surface area (Å²) < 4.78 is 50.5. The summed E-state index contributed by atoms with van der Waals surface area (Å²) in [5, 5.41) is 6.74. The van der Waals surface area contributed by atoms with Crippen LogP contribution in [0.4, 0.5) is 13.2 Å². The topological polar surface area (TPSA) is 69.4 Å². The van der Waals surface area contributed by atoms with Gasteiger partial charge in [-0.25, -0.2) is 0 Å². The van der Waals surface area contributed by atoms with Gasteiger partial charge in [-0.2, -0.15) is 18.2 Å². The Bertz CT molecular complexity index is 405. The van der Waals surface area contributed by atoms with Crippen molar-refractivity contribution >= 4 is 0 Å². The van der Waals surface area contributed by atoms with Crippen molar-refractivity contribution in [1.29, 1.82) is 0 Å². The highest BCUT2D eigenvalue weighted by molar-refractivity contribution is 4.83. The Morgan fingerprint density at radius 2 is 2.00 bits per heavy atom. The van der Waals surface area contributed by atoms with E-state index < -0.39 is 12.8 Å². The summed E-state index contributed by atoms with van der Waals surface area (Å²) in [6.07, 6.45) is -2.39. The summed E-state index contributed by atoms with van der Waals surface area (Å²) in [7, 11) is 0. The summed E-state index contributed by atoms with van der Waals surface area (Å²) in [5.74, 6) is 0.326. The lowest BCUT2D eigenvalue weighted by Crippen LogP contribution is -2.32. The van der Waals surface area contributed by atoms with Crippen LogP contribution in [-0.2, 0) is 22.7 Å². The summed E-state index contributed by atoms with van der Waals surface area (Å²) in [6, 6.07) is 0. The molecule has 1 saturated heterocycles. The number of ether oxygens (including phenoxy) is 2. The molecule has 0 aliphatic carbocycles. The Labute approximate surface area is 113 Å². The number of rotatable bonds is 6. The highest BCUT2D eigenvalue weighted by Crippen LogP contribution is 2.15. The number of aromatic nitrogens is 2. The molecule has 0 amide bonds. The molecule has 0 aromatic carbocycles. The molecular weight excluding hydrogens is 279 g/mol. The molecule has 1 fully saturated rings. The largest absolute Gasteiger partial charge is 0.411 e. The number of alkyl halides is 3. The van der Waals surface area contributed by atoms with Crippen molar-refractivity contribution in [3.63, 3.8) is 0 Å². The van der Waals surface area contributed by atoms with Crippen LogP contribution in [0, 0.1) is 0 Å². The fourth-order valence-electron chi connectivity index (χ4n) is 1.82. The van der Waals surface area contributed by atoms with Crippen LogP contribution in [0.1, 0.15) is 24.6 Å². The molecule has 0 spiro atoms. The fraction of sp³-hybridized carbons (Fsp3) is 0.818. The quantitative estimate of drug-likeness (QED) is 0.856. The van der Waals surface area contributed by atoms with Crippen LogP contribution in [0.15, 0.2) is 4.52 Å². The van der Waals surface area contributed by atoms with E-state index in [1.807, 2.05) is 0 Å². The minimum absolute atomic E-state index is 0.0816. The smallest absolute Gasteiger partial charge is 0.368 e. The highest BCUT2D eigenvalue weighted by Gasteiger charge is 2.27. The van der Waals surface area contributed by atoms with E-state index in [9.17, 15) is 13.2 Å². The molecule has 9 heteroatoms. The Kier molecular flexibility index (Phi) is 5.32. The molecule has 1 N–H and O–H groups in total. The van der Waals surface area contributed by atoms with Gasteiger partial charge in [0.05, 0.1) is 6.10 Å². The maximum atomic E-state index is 11.9. The third kappa shape index (κ3) is 5.43. The molecule has 20 heavy (non-hydrogen) atoms. The molecule has 0 saturated carbocycles. The molecule has 2 rings (SSSR count). The molecule has 0 radical (unpaired) electrons. The first-order valence-corrected chi connectivity index (χ1v) is 6.31. The third-order valence-corrected chi connectivity index (χ3v) is 2.74. The average molecular weight is 295 g/mol. The normalized spacial score (nSPS) is 17.6. The van der Waals surface area contributed by atoms with Crippen molar-refractivity contribution < 1.29 is 27.2 Å². The van der Waals surface area contributed by atoms with Gasteiger partial charge in [-0.1, -0.05) is 5.16 Å². The highest BCUT2D eigenvalue weighted by atomic mass is 19.4. The molecule has 0 bridgehead atoms. The Morgan fingerprint density at radius 3 is 2.70 bits per heavy atom. The molecule has 1 aliphatic heterocycles. The van der Waals surface area contributed by atoms with Gasteiger partial charge in [0.2, 0.25) is 0 Å². The third-order valence-electron chi connectivity index (χ3n) is 2.74. The Morgan fingerprint density at radius 1 is 1.25 bits per heavy atom. The number of hydrogen-bond acceptors (Lipinski definition) is 6. The van der Waals surface area contributed by atoms with Gasteiger partial charge in [0.1, 0.15) is 19.8 Å². The predicted octanol–water partition coefficient (Wildman–Crippen LogP) is 1.42. The summed E-state index contributed by atoms with van der Waals surface area (Å²) in [5.41, 5.74) is 0. The van der Waals surface area contributed by atoms with Crippen LogP contribution < -0.4 is 5.32 Å².